The molecule has 1 aliphatic carbocycles. The molecule has 1 aromatic rings. The van der Waals surface area contributed by atoms with Gasteiger partial charge in [0.05, 0.1) is 12.3 Å². The van der Waals surface area contributed by atoms with E-state index in [0.29, 0.717) is 5.92 Å². The van der Waals surface area contributed by atoms with E-state index >= 15 is 0 Å². The van der Waals surface area contributed by atoms with Gasteiger partial charge in [0.1, 0.15) is 5.76 Å². The molecule has 0 spiro atoms. The van der Waals surface area contributed by atoms with Crippen LogP contribution in [0.1, 0.15) is 37.9 Å². The van der Waals surface area contributed by atoms with Crippen molar-refractivity contribution in [2.24, 2.45) is 5.92 Å². The van der Waals surface area contributed by atoms with E-state index in [1.807, 2.05) is 18.2 Å². The lowest BCUT2D eigenvalue weighted by molar-refractivity contribution is 0.410. The number of furan rings is 1. The molecular weight excluding hydrogens is 186 g/mol. The molecule has 0 amide bonds. The largest absolute Gasteiger partial charge is 0.465 e. The van der Waals surface area contributed by atoms with E-state index in [-0.39, 0.29) is 0 Å². The first-order valence-corrected chi connectivity index (χ1v) is 5.55. The highest BCUT2D eigenvalue weighted by molar-refractivity contribution is 5.53. The van der Waals surface area contributed by atoms with Crippen LogP contribution < -0.4 is 0 Å². The number of hydrogen-bond donors (Lipinski definition) is 0. The Balaban J connectivity index is 2.13. The zero-order valence-electron chi connectivity index (χ0n) is 8.78. The highest BCUT2D eigenvalue weighted by atomic mass is 16.3. The lowest BCUT2D eigenvalue weighted by Crippen LogP contribution is -2.07. The third-order valence-electron chi connectivity index (χ3n) is 3.02. The van der Waals surface area contributed by atoms with Gasteiger partial charge in [0.15, 0.2) is 0 Å². The van der Waals surface area contributed by atoms with Crippen LogP contribution in [0.3, 0.4) is 0 Å². The molecule has 78 valence electrons. The minimum absolute atomic E-state index is 0.453. The van der Waals surface area contributed by atoms with Crippen molar-refractivity contribution in [2.45, 2.75) is 32.1 Å². The first-order chi connectivity index (χ1) is 7.40. The number of hydrogen-bond acceptors (Lipinski definition) is 2. The van der Waals surface area contributed by atoms with E-state index in [4.69, 9.17) is 9.68 Å². The molecule has 0 aromatic carbocycles. The summed E-state index contributed by atoms with van der Waals surface area (Å²) in [7, 11) is 0. The first-order valence-electron chi connectivity index (χ1n) is 5.55. The molecule has 0 unspecified atom stereocenters. The van der Waals surface area contributed by atoms with Gasteiger partial charge in [0, 0.05) is 5.57 Å². The van der Waals surface area contributed by atoms with Crippen molar-refractivity contribution < 1.29 is 4.42 Å². The van der Waals surface area contributed by atoms with Gasteiger partial charge in [-0.3, -0.25) is 0 Å². The van der Waals surface area contributed by atoms with Gasteiger partial charge in [-0.25, -0.2) is 0 Å². The predicted molar refractivity (Wildman–Crippen MR) is 58.9 cm³/mol. The Bertz CT molecular complexity index is 364. The first kappa shape index (κ1) is 10.0. The highest BCUT2D eigenvalue weighted by Gasteiger charge is 2.17. The molecule has 0 aliphatic heterocycles. The van der Waals surface area contributed by atoms with E-state index in [0.717, 1.165) is 24.2 Å². The van der Waals surface area contributed by atoms with Gasteiger partial charge < -0.3 is 4.42 Å². The summed E-state index contributed by atoms with van der Waals surface area (Å²) in [5.74, 6) is 1.24. The summed E-state index contributed by atoms with van der Waals surface area (Å²) in [6.45, 7) is 0. The maximum absolute atomic E-state index is 9.12. The summed E-state index contributed by atoms with van der Waals surface area (Å²) in [6, 6.07) is 6.05. The molecule has 1 aromatic heterocycles. The average Bonchev–Trinajstić information content (AvgIpc) is 2.80. The van der Waals surface area contributed by atoms with Gasteiger partial charge >= 0.3 is 0 Å². The van der Waals surface area contributed by atoms with Crippen molar-refractivity contribution in [1.82, 2.24) is 0 Å². The molecule has 0 bridgehead atoms. The van der Waals surface area contributed by atoms with Gasteiger partial charge in [-0.2, -0.15) is 5.26 Å². The van der Waals surface area contributed by atoms with Crippen LogP contribution in [0.15, 0.2) is 28.4 Å². The van der Waals surface area contributed by atoms with Crippen LogP contribution in [-0.4, -0.2) is 0 Å². The Morgan fingerprint density at radius 2 is 2.20 bits per heavy atom. The molecule has 2 nitrogen and oxygen atoms in total. The zero-order chi connectivity index (χ0) is 10.5. The van der Waals surface area contributed by atoms with Gasteiger partial charge in [-0.1, -0.05) is 19.3 Å². The van der Waals surface area contributed by atoms with Crippen LogP contribution in [0.2, 0.25) is 0 Å². The Morgan fingerprint density at radius 1 is 1.40 bits per heavy atom. The van der Waals surface area contributed by atoms with Crippen LogP contribution in [0.25, 0.3) is 6.08 Å². The lowest BCUT2D eigenvalue weighted by Gasteiger charge is -2.20. The minimum atomic E-state index is 0.453. The number of nitrogens with zero attached hydrogens (tertiary/aromatic N) is 1. The van der Waals surface area contributed by atoms with Gasteiger partial charge in [-0.05, 0) is 37.0 Å². The van der Waals surface area contributed by atoms with Crippen LogP contribution >= 0.6 is 0 Å². The summed E-state index contributed by atoms with van der Waals surface area (Å²) >= 11 is 0. The highest BCUT2D eigenvalue weighted by Crippen LogP contribution is 2.30. The van der Waals surface area contributed by atoms with E-state index < -0.39 is 0 Å². The Kier molecular flexibility index (Phi) is 3.24. The third kappa shape index (κ3) is 2.50. The second-order valence-electron chi connectivity index (χ2n) is 4.06. The molecule has 1 fully saturated rings. The van der Waals surface area contributed by atoms with Gasteiger partial charge in [-0.15, -0.1) is 0 Å². The molecular formula is C13H15NO. The Morgan fingerprint density at radius 3 is 2.80 bits per heavy atom. The third-order valence-corrected chi connectivity index (χ3v) is 3.02. The van der Waals surface area contributed by atoms with Crippen LogP contribution in [0, 0.1) is 17.2 Å². The molecule has 2 heteroatoms. The number of allylic oxidation sites excluding steroid dienone is 1. The van der Waals surface area contributed by atoms with Crippen LogP contribution in [0.4, 0.5) is 0 Å². The van der Waals surface area contributed by atoms with Crippen LogP contribution in [0.5, 0.6) is 0 Å². The van der Waals surface area contributed by atoms with Gasteiger partial charge in [0.25, 0.3) is 0 Å². The fourth-order valence-electron chi connectivity index (χ4n) is 2.18. The van der Waals surface area contributed by atoms with E-state index in [2.05, 4.69) is 6.07 Å². The zero-order valence-corrected chi connectivity index (χ0v) is 8.78. The van der Waals surface area contributed by atoms with Crippen molar-refractivity contribution in [3.63, 3.8) is 0 Å². The monoisotopic (exact) mass is 201 g/mol. The topological polar surface area (TPSA) is 36.9 Å². The van der Waals surface area contributed by atoms with E-state index in [9.17, 15) is 0 Å². The van der Waals surface area contributed by atoms with Crippen molar-refractivity contribution in [3.8, 4) is 6.07 Å². The summed E-state index contributed by atoms with van der Waals surface area (Å²) in [4.78, 5) is 0. The lowest BCUT2D eigenvalue weighted by atomic mass is 9.84. The summed E-state index contributed by atoms with van der Waals surface area (Å²) in [6.07, 6.45) is 9.65. The Labute approximate surface area is 90.2 Å². The summed E-state index contributed by atoms with van der Waals surface area (Å²) in [5, 5.41) is 9.12. The smallest absolute Gasteiger partial charge is 0.127 e. The Hall–Kier alpha value is -1.49. The predicted octanol–water partition coefficient (Wildman–Crippen LogP) is 3.77. The molecule has 1 saturated carbocycles. The maximum atomic E-state index is 9.12. The second kappa shape index (κ2) is 4.84. The fraction of sp³-hybridized carbons (Fsp3) is 0.462. The van der Waals surface area contributed by atoms with Crippen molar-refractivity contribution in [3.05, 3.63) is 29.7 Å². The van der Waals surface area contributed by atoms with Crippen LogP contribution in [-0.2, 0) is 0 Å². The SMILES string of the molecule is N#C/C(=C/c1ccco1)C1CCCCC1. The second-order valence-corrected chi connectivity index (χ2v) is 4.06. The van der Waals surface area contributed by atoms with Crippen molar-refractivity contribution >= 4 is 6.08 Å². The number of nitriles is 1. The molecule has 1 heterocycles. The molecule has 0 N–H and O–H groups in total. The normalized spacial score (nSPS) is 18.7. The standard InChI is InChI=1S/C13H15NO/c14-10-12(9-13-7-4-8-15-13)11-5-2-1-3-6-11/h4,7-9,11H,1-3,5-6H2/b12-9-. The number of rotatable bonds is 2. The van der Waals surface area contributed by atoms with Crippen molar-refractivity contribution in [2.75, 3.05) is 0 Å². The maximum Gasteiger partial charge on any atom is 0.127 e. The van der Waals surface area contributed by atoms with E-state index in [1.54, 1.807) is 6.26 Å². The quantitative estimate of drug-likeness (QED) is 0.683. The fourth-order valence-corrected chi connectivity index (χ4v) is 2.18. The summed E-state index contributed by atoms with van der Waals surface area (Å²) < 4.78 is 5.23. The molecule has 0 radical (unpaired) electrons. The van der Waals surface area contributed by atoms with E-state index in [1.165, 1.54) is 19.3 Å². The average molecular weight is 201 g/mol. The molecule has 15 heavy (non-hydrogen) atoms. The molecule has 0 saturated heterocycles. The summed E-state index contributed by atoms with van der Waals surface area (Å²) in [5.41, 5.74) is 0.879. The van der Waals surface area contributed by atoms with Crippen molar-refractivity contribution in [1.29, 1.82) is 5.26 Å². The molecule has 2 rings (SSSR count). The van der Waals surface area contributed by atoms with Gasteiger partial charge in [0.2, 0.25) is 0 Å². The molecule has 0 atom stereocenters. The minimum Gasteiger partial charge on any atom is -0.465 e. The molecule has 1 aliphatic rings.